The van der Waals surface area contributed by atoms with Gasteiger partial charge in [-0.15, -0.1) is 0 Å². The maximum absolute atomic E-state index is 2.11. The van der Waals surface area contributed by atoms with Gasteiger partial charge in [-0.1, -0.05) is 0 Å². The summed E-state index contributed by atoms with van der Waals surface area (Å²) in [4.78, 5) is 0. The molecule has 0 saturated carbocycles. The Hall–Kier alpha value is 1.26. The molecular formula is C3H6AsS2. The topological polar surface area (TPSA) is 0 Å². The Morgan fingerprint density at radius 2 is 2.50 bits per heavy atom. The second-order valence-electron chi connectivity index (χ2n) is 1.10. The van der Waals surface area contributed by atoms with Crippen LogP contribution in [0.2, 0.25) is 5.21 Å². The van der Waals surface area contributed by atoms with E-state index in [1.165, 1.54) is 17.4 Å². The van der Waals surface area contributed by atoms with E-state index < -0.39 is 0 Å². The third-order valence-electron chi connectivity index (χ3n) is 0.582. The summed E-state index contributed by atoms with van der Waals surface area (Å²) in [5.74, 6) is 1.40. The van der Waals surface area contributed by atoms with Gasteiger partial charge in [0, 0.05) is 0 Å². The summed E-state index contributed by atoms with van der Waals surface area (Å²) in [5, 5.41) is 1.54. The van der Waals surface area contributed by atoms with Gasteiger partial charge in [0.1, 0.15) is 0 Å². The fraction of sp³-hybridized carbons (Fsp3) is 1.00. The van der Waals surface area contributed by atoms with E-state index in [4.69, 9.17) is 0 Å². The molecule has 0 nitrogen and oxygen atoms in total. The summed E-state index contributed by atoms with van der Waals surface area (Å²) < 4.78 is 0. The molecule has 0 aliphatic carbocycles. The van der Waals surface area contributed by atoms with Gasteiger partial charge in [-0.05, 0) is 0 Å². The normalized spacial score (nSPS) is 28.0. The zero-order valence-electron chi connectivity index (χ0n) is 3.39. The van der Waals surface area contributed by atoms with E-state index in [0.29, 0.717) is 14.6 Å². The van der Waals surface area contributed by atoms with Crippen LogP contribution in [0.5, 0.6) is 0 Å². The monoisotopic (exact) mass is 181 g/mol. The summed E-state index contributed by atoms with van der Waals surface area (Å²) >= 11 is 0.710. The quantitative estimate of drug-likeness (QED) is 0.413. The molecular weight excluding hydrogens is 175 g/mol. The van der Waals surface area contributed by atoms with E-state index in [0.717, 1.165) is 0 Å². The van der Waals surface area contributed by atoms with E-state index in [9.17, 15) is 0 Å². The Bertz CT molecular complexity index is 24.3. The van der Waals surface area contributed by atoms with Crippen molar-refractivity contribution in [1.29, 1.82) is 0 Å². The summed E-state index contributed by atoms with van der Waals surface area (Å²) in [6.07, 6.45) is 1.48. The van der Waals surface area contributed by atoms with E-state index in [-0.39, 0.29) is 0 Å². The molecule has 0 spiro atoms. The minimum absolute atomic E-state index is 0.710. The van der Waals surface area contributed by atoms with Gasteiger partial charge in [0.2, 0.25) is 0 Å². The predicted molar refractivity (Wildman–Crippen MR) is 35.2 cm³/mol. The Morgan fingerprint density at radius 1 is 1.50 bits per heavy atom. The molecule has 35 valence electrons. The van der Waals surface area contributed by atoms with Crippen LogP contribution in [-0.2, 0) is 0 Å². The van der Waals surface area contributed by atoms with Crippen LogP contribution in [0.1, 0.15) is 6.42 Å². The fourth-order valence-electron chi connectivity index (χ4n) is 0.300. The zero-order valence-corrected chi connectivity index (χ0v) is 6.89. The van der Waals surface area contributed by atoms with Gasteiger partial charge in [0.05, 0.1) is 0 Å². The molecule has 1 aliphatic heterocycles. The van der Waals surface area contributed by atoms with Gasteiger partial charge in [-0.2, -0.15) is 0 Å². The standard InChI is InChI=1S/C3H6AsS2/c1-2-4-6-5-3-1/h1-3H2. The molecule has 0 aromatic heterocycles. The van der Waals surface area contributed by atoms with E-state index in [1.54, 1.807) is 0 Å². The molecule has 0 atom stereocenters. The molecule has 1 saturated heterocycles. The van der Waals surface area contributed by atoms with Crippen molar-refractivity contribution in [2.45, 2.75) is 11.6 Å². The van der Waals surface area contributed by atoms with Crippen molar-refractivity contribution >= 4 is 34.4 Å². The van der Waals surface area contributed by atoms with Gasteiger partial charge in [-0.25, -0.2) is 0 Å². The van der Waals surface area contributed by atoms with Crippen LogP contribution in [0.25, 0.3) is 0 Å². The predicted octanol–water partition coefficient (Wildman–Crippen LogP) is 1.81. The van der Waals surface area contributed by atoms with Crippen LogP contribution >= 0.6 is 19.9 Å². The molecule has 1 radical (unpaired) electrons. The fourth-order valence-corrected chi connectivity index (χ4v) is 7.77. The van der Waals surface area contributed by atoms with Crippen molar-refractivity contribution in [2.24, 2.45) is 0 Å². The number of rotatable bonds is 0. The van der Waals surface area contributed by atoms with E-state index in [2.05, 4.69) is 19.9 Å². The average molecular weight is 181 g/mol. The molecule has 1 heterocycles. The van der Waals surface area contributed by atoms with E-state index in [1.807, 2.05) is 0 Å². The molecule has 0 aromatic rings. The Kier molecular flexibility index (Phi) is 2.95. The molecule has 1 rings (SSSR count). The Balaban J connectivity index is 2.00. The van der Waals surface area contributed by atoms with Crippen molar-refractivity contribution < 1.29 is 0 Å². The van der Waals surface area contributed by atoms with Crippen LogP contribution in [-0.4, -0.2) is 20.3 Å². The van der Waals surface area contributed by atoms with Crippen molar-refractivity contribution in [2.75, 3.05) is 5.75 Å². The Morgan fingerprint density at radius 3 is 2.67 bits per heavy atom. The first-order valence-corrected chi connectivity index (χ1v) is 7.86. The summed E-state index contributed by atoms with van der Waals surface area (Å²) in [6.45, 7) is 0. The summed E-state index contributed by atoms with van der Waals surface area (Å²) in [7, 11) is 4.16. The molecule has 6 heavy (non-hydrogen) atoms. The van der Waals surface area contributed by atoms with Gasteiger partial charge in [0.25, 0.3) is 0 Å². The van der Waals surface area contributed by atoms with Gasteiger partial charge in [-0.3, -0.25) is 0 Å². The molecule has 3 heteroatoms. The third kappa shape index (κ3) is 1.81. The second-order valence-corrected chi connectivity index (χ2v) is 8.69. The van der Waals surface area contributed by atoms with Crippen molar-refractivity contribution in [3.63, 3.8) is 0 Å². The molecule has 0 aromatic carbocycles. The first kappa shape index (κ1) is 5.40. The molecule has 0 N–H and O–H groups in total. The van der Waals surface area contributed by atoms with Crippen LogP contribution < -0.4 is 0 Å². The second kappa shape index (κ2) is 3.28. The molecule has 0 unspecified atom stereocenters. The molecule has 1 aliphatic rings. The Labute approximate surface area is 51.9 Å². The number of hydrogen-bond acceptors (Lipinski definition) is 2. The van der Waals surface area contributed by atoms with Gasteiger partial charge in [0.15, 0.2) is 0 Å². The van der Waals surface area contributed by atoms with Gasteiger partial charge >= 0.3 is 51.8 Å². The number of hydrogen-bond donors (Lipinski definition) is 0. The first-order valence-electron chi connectivity index (χ1n) is 1.95. The molecule has 0 amide bonds. The maximum atomic E-state index is 2.11. The van der Waals surface area contributed by atoms with Crippen LogP contribution in [0, 0.1) is 0 Å². The summed E-state index contributed by atoms with van der Waals surface area (Å²) in [5.41, 5.74) is 0. The van der Waals surface area contributed by atoms with Crippen LogP contribution in [0.3, 0.4) is 0 Å². The zero-order chi connectivity index (χ0) is 4.24. The van der Waals surface area contributed by atoms with Crippen LogP contribution in [0.15, 0.2) is 0 Å². The molecule has 1 fully saturated rings. The van der Waals surface area contributed by atoms with Gasteiger partial charge < -0.3 is 0 Å². The van der Waals surface area contributed by atoms with Crippen molar-refractivity contribution in [1.82, 2.24) is 0 Å². The molecule has 0 bridgehead atoms. The van der Waals surface area contributed by atoms with Crippen LogP contribution in [0.4, 0.5) is 0 Å². The van der Waals surface area contributed by atoms with E-state index >= 15 is 0 Å². The first-order chi connectivity index (χ1) is 3.00. The third-order valence-corrected chi connectivity index (χ3v) is 8.36. The average Bonchev–Trinajstić information content (AvgIpc) is 1.72. The van der Waals surface area contributed by atoms with Crippen molar-refractivity contribution in [3.05, 3.63) is 0 Å². The SMILES string of the molecule is C1CSS[As]C1. The minimum atomic E-state index is 0.710. The van der Waals surface area contributed by atoms with Crippen molar-refractivity contribution in [3.8, 4) is 0 Å². The summed E-state index contributed by atoms with van der Waals surface area (Å²) in [6, 6.07) is 0.